The number of non-ortho nitro benzene ring substituents is 1. The molecule has 1 aliphatic heterocycles. The topological polar surface area (TPSA) is 93.8 Å². The van der Waals surface area contributed by atoms with Gasteiger partial charge in [-0.3, -0.25) is 10.1 Å². The van der Waals surface area contributed by atoms with Crippen molar-refractivity contribution < 1.29 is 14.5 Å². The van der Waals surface area contributed by atoms with Gasteiger partial charge < -0.3 is 10.1 Å². The molecule has 0 saturated heterocycles. The zero-order valence-corrected chi connectivity index (χ0v) is 18.8. The maximum absolute atomic E-state index is 12.6. The average molecular weight is 490 g/mol. The van der Waals surface area contributed by atoms with Crippen LogP contribution in [0, 0.1) is 10.1 Å². The Hall–Kier alpha value is -2.65. The molecule has 2 aromatic rings. The number of hydrogen-bond acceptors (Lipinski definition) is 7. The number of allylic oxidation sites excluding steroid dienone is 1. The predicted octanol–water partition coefficient (Wildman–Crippen LogP) is 5.13. The molecule has 0 aliphatic carbocycles. The van der Waals surface area contributed by atoms with E-state index < -0.39 is 16.9 Å². The number of aliphatic imine (C=N–C) groups is 1. The molecule has 1 N–H and O–H groups in total. The lowest BCUT2D eigenvalue weighted by Gasteiger charge is -2.26. The van der Waals surface area contributed by atoms with Crippen LogP contribution in [0.2, 0.25) is 0 Å². The normalized spacial score (nSPS) is 16.0. The number of nitrogens with zero attached hydrogens (tertiary/aromatic N) is 2. The summed E-state index contributed by atoms with van der Waals surface area (Å²) < 4.78 is 6.15. The molecule has 0 spiro atoms. The van der Waals surface area contributed by atoms with Gasteiger partial charge in [0.1, 0.15) is 6.04 Å². The minimum absolute atomic E-state index is 0.0597. The molecule has 0 aromatic heterocycles. The molecular formula is C21H20BrN3O4S. The van der Waals surface area contributed by atoms with E-state index in [0.717, 1.165) is 15.6 Å². The van der Waals surface area contributed by atoms with Gasteiger partial charge in [-0.05, 0) is 37.1 Å². The summed E-state index contributed by atoms with van der Waals surface area (Å²) in [5.41, 5.74) is 3.05. The van der Waals surface area contributed by atoms with E-state index in [-0.39, 0.29) is 12.3 Å². The van der Waals surface area contributed by atoms with Crippen molar-refractivity contribution in [1.82, 2.24) is 5.32 Å². The van der Waals surface area contributed by atoms with E-state index in [1.165, 1.54) is 23.9 Å². The number of esters is 1. The number of nitro groups is 1. The van der Waals surface area contributed by atoms with Crippen LogP contribution >= 0.6 is 27.7 Å². The number of nitro benzene ring substituents is 1. The number of hydrogen-bond donors (Lipinski definition) is 1. The van der Waals surface area contributed by atoms with Gasteiger partial charge in [0.05, 0.1) is 17.1 Å². The molecular weight excluding hydrogens is 470 g/mol. The van der Waals surface area contributed by atoms with Crippen LogP contribution in [0.1, 0.15) is 31.0 Å². The number of carbonyl (C=O) groups is 1. The number of benzene rings is 2. The second kappa shape index (κ2) is 9.90. The molecule has 9 heteroatoms. The maximum Gasteiger partial charge on any atom is 0.338 e. The Bertz CT molecular complexity index is 1020. The lowest BCUT2D eigenvalue weighted by molar-refractivity contribution is -0.384. The third kappa shape index (κ3) is 5.28. The van der Waals surface area contributed by atoms with Crippen LogP contribution < -0.4 is 5.32 Å². The summed E-state index contributed by atoms with van der Waals surface area (Å²) >= 11 is 4.94. The zero-order chi connectivity index (χ0) is 21.7. The Labute approximate surface area is 186 Å². The molecule has 0 bridgehead atoms. The van der Waals surface area contributed by atoms with Gasteiger partial charge >= 0.3 is 5.97 Å². The highest BCUT2D eigenvalue weighted by Gasteiger charge is 2.30. The number of carbonyl (C=O) groups excluding carboxylic acids is 1. The number of nitrogens with one attached hydrogen (secondary N) is 1. The molecule has 7 nitrogen and oxygen atoms in total. The van der Waals surface area contributed by atoms with E-state index in [4.69, 9.17) is 9.73 Å². The maximum atomic E-state index is 12.6. The molecule has 30 heavy (non-hydrogen) atoms. The van der Waals surface area contributed by atoms with Crippen molar-refractivity contribution in [3.8, 4) is 0 Å². The van der Waals surface area contributed by atoms with Crippen molar-refractivity contribution >= 4 is 44.5 Å². The summed E-state index contributed by atoms with van der Waals surface area (Å²) in [6, 6.07) is 13.6. The highest BCUT2D eigenvalue weighted by atomic mass is 79.9. The quantitative estimate of drug-likeness (QED) is 0.343. The summed E-state index contributed by atoms with van der Waals surface area (Å²) in [5.74, 6) is 0.187. The van der Waals surface area contributed by atoms with Crippen LogP contribution in [0.3, 0.4) is 0 Å². The minimum Gasteiger partial charge on any atom is -0.463 e. The van der Waals surface area contributed by atoms with Crippen LogP contribution in [-0.4, -0.2) is 22.7 Å². The van der Waals surface area contributed by atoms with Crippen molar-refractivity contribution in [3.05, 3.63) is 85.5 Å². The largest absolute Gasteiger partial charge is 0.463 e. The molecule has 0 fully saturated rings. The zero-order valence-electron chi connectivity index (χ0n) is 16.4. The second-order valence-corrected chi connectivity index (χ2v) is 8.37. The first-order valence-corrected chi connectivity index (χ1v) is 11.0. The molecule has 0 radical (unpaired) electrons. The van der Waals surface area contributed by atoms with Gasteiger partial charge in [-0.25, -0.2) is 9.79 Å². The van der Waals surface area contributed by atoms with Gasteiger partial charge in [0.2, 0.25) is 0 Å². The molecule has 3 rings (SSSR count). The summed E-state index contributed by atoms with van der Waals surface area (Å²) in [6.45, 7) is 3.89. The summed E-state index contributed by atoms with van der Waals surface area (Å²) in [4.78, 5) is 27.7. The van der Waals surface area contributed by atoms with Gasteiger partial charge in [0, 0.05) is 28.1 Å². The molecule has 1 aliphatic rings. The fraction of sp³-hybridized carbons (Fsp3) is 0.238. The molecule has 1 heterocycles. The highest BCUT2D eigenvalue weighted by Crippen LogP contribution is 2.34. The summed E-state index contributed by atoms with van der Waals surface area (Å²) in [6.07, 6.45) is 0. The lowest BCUT2D eigenvalue weighted by Crippen LogP contribution is -2.30. The fourth-order valence-corrected chi connectivity index (χ4v) is 4.30. The van der Waals surface area contributed by atoms with Crippen molar-refractivity contribution in [2.24, 2.45) is 4.99 Å². The van der Waals surface area contributed by atoms with E-state index in [9.17, 15) is 14.9 Å². The number of ether oxygens (including phenoxy) is 1. The monoisotopic (exact) mass is 489 g/mol. The van der Waals surface area contributed by atoms with Gasteiger partial charge in [0.15, 0.2) is 5.17 Å². The van der Waals surface area contributed by atoms with E-state index >= 15 is 0 Å². The molecule has 1 atom stereocenters. The first-order chi connectivity index (χ1) is 14.4. The molecule has 0 saturated carbocycles. The average Bonchev–Trinajstić information content (AvgIpc) is 2.72. The van der Waals surface area contributed by atoms with Crippen LogP contribution in [-0.2, 0) is 15.3 Å². The predicted molar refractivity (Wildman–Crippen MR) is 121 cm³/mol. The SMILES string of the molecule is CCOC(=O)C1=C(C)NC(SCc2ccc([N+](=O)[O-])cc2)=N[C@@H]1c1cccc(Br)c1. The Kier molecular flexibility index (Phi) is 7.28. The van der Waals surface area contributed by atoms with E-state index in [2.05, 4.69) is 21.2 Å². The number of halogens is 1. The first-order valence-electron chi connectivity index (χ1n) is 9.23. The van der Waals surface area contributed by atoms with Crippen LogP contribution in [0.25, 0.3) is 0 Å². The summed E-state index contributed by atoms with van der Waals surface area (Å²) in [7, 11) is 0. The molecule has 0 amide bonds. The minimum atomic E-state index is -0.484. The van der Waals surface area contributed by atoms with Gasteiger partial charge in [-0.15, -0.1) is 0 Å². The van der Waals surface area contributed by atoms with Crippen molar-refractivity contribution in [2.75, 3.05) is 6.61 Å². The Balaban J connectivity index is 1.84. The molecule has 2 aromatic carbocycles. The van der Waals surface area contributed by atoms with Gasteiger partial charge in [-0.1, -0.05) is 52.0 Å². The first kappa shape index (κ1) is 22.0. The van der Waals surface area contributed by atoms with E-state index in [0.29, 0.717) is 22.2 Å². The third-order valence-electron chi connectivity index (χ3n) is 4.40. The fourth-order valence-electron chi connectivity index (χ4n) is 2.98. The smallest absolute Gasteiger partial charge is 0.338 e. The summed E-state index contributed by atoms with van der Waals surface area (Å²) in [5, 5.41) is 14.7. The van der Waals surface area contributed by atoms with Crippen molar-refractivity contribution in [3.63, 3.8) is 0 Å². The second-order valence-electron chi connectivity index (χ2n) is 6.49. The van der Waals surface area contributed by atoms with E-state index in [1.54, 1.807) is 19.1 Å². The number of thioether (sulfide) groups is 1. The molecule has 156 valence electrons. The van der Waals surface area contributed by atoms with Gasteiger partial charge in [0.25, 0.3) is 5.69 Å². The van der Waals surface area contributed by atoms with Crippen molar-refractivity contribution in [2.45, 2.75) is 25.6 Å². The molecule has 0 unspecified atom stereocenters. The third-order valence-corrected chi connectivity index (χ3v) is 5.85. The number of rotatable bonds is 6. The van der Waals surface area contributed by atoms with E-state index in [1.807, 2.05) is 31.2 Å². The standard InChI is InChI=1S/C21H20BrN3O4S/c1-3-29-20(26)18-13(2)23-21(24-19(18)15-5-4-6-16(22)11-15)30-12-14-7-9-17(10-8-14)25(27)28/h4-11,19H,3,12H2,1-2H3,(H,23,24)/t19-/m1/s1. The Morgan fingerprint density at radius 2 is 2.03 bits per heavy atom. The lowest BCUT2D eigenvalue weighted by atomic mass is 9.97. The van der Waals surface area contributed by atoms with Gasteiger partial charge in [-0.2, -0.15) is 0 Å². The highest BCUT2D eigenvalue weighted by molar-refractivity contribution is 9.10. The Morgan fingerprint density at radius 3 is 2.67 bits per heavy atom. The number of amidine groups is 1. The van der Waals surface area contributed by atoms with Crippen LogP contribution in [0.5, 0.6) is 0 Å². The van der Waals surface area contributed by atoms with Crippen LogP contribution in [0.15, 0.2) is 69.3 Å². The van der Waals surface area contributed by atoms with Crippen LogP contribution in [0.4, 0.5) is 5.69 Å². The van der Waals surface area contributed by atoms with Crippen molar-refractivity contribution in [1.29, 1.82) is 0 Å². The Morgan fingerprint density at radius 1 is 1.30 bits per heavy atom.